The zero-order valence-corrected chi connectivity index (χ0v) is 13.8. The van der Waals surface area contributed by atoms with E-state index in [9.17, 15) is 4.79 Å². The van der Waals surface area contributed by atoms with E-state index < -0.39 is 5.60 Å². The van der Waals surface area contributed by atoms with Crippen molar-refractivity contribution < 1.29 is 19.1 Å². The minimum absolute atomic E-state index is 0.325. The van der Waals surface area contributed by atoms with Crippen LogP contribution in [0.1, 0.15) is 32.8 Å². The molecule has 0 aliphatic heterocycles. The minimum Gasteiger partial charge on any atom is -0.444 e. The summed E-state index contributed by atoms with van der Waals surface area (Å²) in [6, 6.07) is 7.43. The van der Waals surface area contributed by atoms with E-state index in [1.54, 1.807) is 18.0 Å². The lowest BCUT2D eigenvalue weighted by Crippen LogP contribution is -2.35. The second-order valence-corrected chi connectivity index (χ2v) is 6.03. The highest BCUT2D eigenvalue weighted by Gasteiger charge is 2.19. The summed E-state index contributed by atoms with van der Waals surface area (Å²) in [7, 11) is 1.71. The van der Waals surface area contributed by atoms with Crippen LogP contribution in [0.25, 0.3) is 0 Å². The maximum absolute atomic E-state index is 11.8. The monoisotopic (exact) mass is 310 g/mol. The standard InChI is InChI=1S/C16H26N2O4/c1-16(2,3)21-15(19)18(4)10-7-11-20-12-13-8-5-6-9-14(13)22-17/h5-6,8-9H,7,10-12,17H2,1-4H3. The summed E-state index contributed by atoms with van der Waals surface area (Å²) in [5.41, 5.74) is 0.416. The lowest BCUT2D eigenvalue weighted by Gasteiger charge is -2.24. The summed E-state index contributed by atoms with van der Waals surface area (Å²) in [4.78, 5) is 18.1. The predicted molar refractivity (Wildman–Crippen MR) is 84.4 cm³/mol. The van der Waals surface area contributed by atoms with E-state index in [1.807, 2.05) is 39.0 Å². The highest BCUT2D eigenvalue weighted by atomic mass is 16.6. The molecule has 0 spiro atoms. The van der Waals surface area contributed by atoms with E-state index in [2.05, 4.69) is 0 Å². The van der Waals surface area contributed by atoms with Crippen LogP contribution in [0.2, 0.25) is 0 Å². The van der Waals surface area contributed by atoms with E-state index in [1.165, 1.54) is 0 Å². The molecule has 0 saturated heterocycles. The third-order valence-electron chi connectivity index (χ3n) is 2.84. The van der Waals surface area contributed by atoms with Crippen LogP contribution < -0.4 is 10.7 Å². The molecule has 0 fully saturated rings. The lowest BCUT2D eigenvalue weighted by atomic mass is 10.2. The molecule has 0 aromatic heterocycles. The second-order valence-electron chi connectivity index (χ2n) is 6.03. The van der Waals surface area contributed by atoms with Gasteiger partial charge in [0, 0.05) is 25.8 Å². The third-order valence-corrected chi connectivity index (χ3v) is 2.84. The van der Waals surface area contributed by atoms with E-state index in [-0.39, 0.29) is 6.09 Å². The fourth-order valence-corrected chi connectivity index (χ4v) is 1.76. The van der Waals surface area contributed by atoms with Gasteiger partial charge in [0.05, 0.1) is 6.61 Å². The molecule has 1 aromatic rings. The van der Waals surface area contributed by atoms with Gasteiger partial charge in [-0.2, -0.15) is 5.90 Å². The molecule has 124 valence electrons. The van der Waals surface area contributed by atoms with Gasteiger partial charge in [-0.05, 0) is 33.3 Å². The fourth-order valence-electron chi connectivity index (χ4n) is 1.76. The van der Waals surface area contributed by atoms with Crippen molar-refractivity contribution in [1.82, 2.24) is 4.90 Å². The molecule has 0 radical (unpaired) electrons. The Morgan fingerprint density at radius 2 is 1.95 bits per heavy atom. The number of hydrogen-bond donors (Lipinski definition) is 1. The van der Waals surface area contributed by atoms with Crippen molar-refractivity contribution >= 4 is 6.09 Å². The molecule has 1 amide bonds. The number of hydrogen-bond acceptors (Lipinski definition) is 5. The van der Waals surface area contributed by atoms with Gasteiger partial charge in [0.15, 0.2) is 5.75 Å². The summed E-state index contributed by atoms with van der Waals surface area (Å²) in [5, 5.41) is 0. The predicted octanol–water partition coefficient (Wildman–Crippen LogP) is 2.71. The normalized spacial score (nSPS) is 11.1. The minimum atomic E-state index is -0.478. The number of carbonyl (C=O) groups is 1. The molecule has 0 aliphatic rings. The van der Waals surface area contributed by atoms with Crippen LogP contribution in [0.15, 0.2) is 24.3 Å². The largest absolute Gasteiger partial charge is 0.444 e. The summed E-state index contributed by atoms with van der Waals surface area (Å²) in [6.07, 6.45) is 0.399. The Morgan fingerprint density at radius 3 is 2.59 bits per heavy atom. The van der Waals surface area contributed by atoms with E-state index in [4.69, 9.17) is 20.2 Å². The van der Waals surface area contributed by atoms with Gasteiger partial charge >= 0.3 is 6.09 Å². The molecule has 0 heterocycles. The Kier molecular flexibility index (Phi) is 7.14. The van der Waals surface area contributed by atoms with Gasteiger partial charge in [-0.25, -0.2) is 4.79 Å². The van der Waals surface area contributed by atoms with Gasteiger partial charge in [-0.1, -0.05) is 18.2 Å². The van der Waals surface area contributed by atoms with Crippen LogP contribution in [0, 0.1) is 0 Å². The summed E-state index contributed by atoms with van der Waals surface area (Å²) >= 11 is 0. The molecule has 0 unspecified atom stereocenters. The Bertz CT molecular complexity index is 471. The molecule has 0 aliphatic carbocycles. The van der Waals surface area contributed by atoms with Crippen molar-refractivity contribution in [1.29, 1.82) is 0 Å². The first-order valence-corrected chi connectivity index (χ1v) is 7.30. The molecule has 6 heteroatoms. The Balaban J connectivity index is 2.24. The lowest BCUT2D eigenvalue weighted by molar-refractivity contribution is 0.0276. The molecule has 0 atom stereocenters. The van der Waals surface area contributed by atoms with Gasteiger partial charge in [-0.15, -0.1) is 0 Å². The van der Waals surface area contributed by atoms with Crippen molar-refractivity contribution in [2.24, 2.45) is 5.90 Å². The number of ether oxygens (including phenoxy) is 2. The molecule has 2 N–H and O–H groups in total. The van der Waals surface area contributed by atoms with Crippen LogP contribution in [0.5, 0.6) is 5.75 Å². The van der Waals surface area contributed by atoms with Gasteiger partial charge < -0.3 is 19.2 Å². The number of benzene rings is 1. The van der Waals surface area contributed by atoms with Crippen LogP contribution in [-0.2, 0) is 16.1 Å². The van der Waals surface area contributed by atoms with Gasteiger partial charge in [0.1, 0.15) is 5.60 Å². The van der Waals surface area contributed by atoms with Gasteiger partial charge in [0.2, 0.25) is 0 Å². The molecular weight excluding hydrogens is 284 g/mol. The van der Waals surface area contributed by atoms with Crippen LogP contribution in [-0.4, -0.2) is 36.8 Å². The number of carbonyl (C=O) groups excluding carboxylic acids is 1. The molecule has 6 nitrogen and oxygen atoms in total. The fraction of sp³-hybridized carbons (Fsp3) is 0.562. The molecule has 0 saturated carbocycles. The topological polar surface area (TPSA) is 74.0 Å². The van der Waals surface area contributed by atoms with Crippen molar-refractivity contribution in [2.45, 2.75) is 39.4 Å². The first kappa shape index (κ1) is 18.3. The Morgan fingerprint density at radius 1 is 1.27 bits per heavy atom. The highest BCUT2D eigenvalue weighted by molar-refractivity contribution is 5.67. The average Bonchev–Trinajstić information content (AvgIpc) is 2.45. The second kappa shape index (κ2) is 8.60. The summed E-state index contributed by atoms with van der Waals surface area (Å²) in [6.45, 7) is 7.07. The number of amides is 1. The molecule has 1 rings (SSSR count). The number of nitrogens with two attached hydrogens (primary N) is 1. The zero-order valence-electron chi connectivity index (χ0n) is 13.8. The number of rotatable bonds is 7. The molecule has 22 heavy (non-hydrogen) atoms. The van der Waals surface area contributed by atoms with Crippen molar-refractivity contribution in [3.05, 3.63) is 29.8 Å². The highest BCUT2D eigenvalue weighted by Crippen LogP contribution is 2.17. The van der Waals surface area contributed by atoms with Crippen LogP contribution in [0.4, 0.5) is 4.79 Å². The Labute approximate surface area is 132 Å². The van der Waals surface area contributed by atoms with Crippen molar-refractivity contribution in [3.63, 3.8) is 0 Å². The quantitative estimate of drug-likeness (QED) is 0.619. The Hall–Kier alpha value is -1.79. The first-order valence-electron chi connectivity index (χ1n) is 7.30. The van der Waals surface area contributed by atoms with Crippen LogP contribution >= 0.6 is 0 Å². The van der Waals surface area contributed by atoms with Gasteiger partial charge in [-0.3, -0.25) is 0 Å². The maximum Gasteiger partial charge on any atom is 0.410 e. The van der Waals surface area contributed by atoms with E-state index in [0.29, 0.717) is 25.5 Å². The summed E-state index contributed by atoms with van der Waals surface area (Å²) in [5.74, 6) is 5.80. The smallest absolute Gasteiger partial charge is 0.410 e. The third kappa shape index (κ3) is 6.78. The molecule has 1 aromatic carbocycles. The summed E-state index contributed by atoms with van der Waals surface area (Å²) < 4.78 is 10.9. The molecular formula is C16H26N2O4. The number of para-hydroxylation sites is 1. The maximum atomic E-state index is 11.8. The SMILES string of the molecule is CN(CCCOCc1ccccc1ON)C(=O)OC(C)(C)C. The number of nitrogens with zero attached hydrogens (tertiary/aromatic N) is 1. The van der Waals surface area contributed by atoms with Crippen molar-refractivity contribution in [2.75, 3.05) is 20.2 Å². The van der Waals surface area contributed by atoms with Gasteiger partial charge in [0.25, 0.3) is 0 Å². The van der Waals surface area contributed by atoms with Crippen LogP contribution in [0.3, 0.4) is 0 Å². The van der Waals surface area contributed by atoms with Crippen molar-refractivity contribution in [3.8, 4) is 5.75 Å². The zero-order chi connectivity index (χ0) is 16.6. The first-order chi connectivity index (χ1) is 10.3. The molecule has 0 bridgehead atoms. The average molecular weight is 310 g/mol. The van der Waals surface area contributed by atoms with E-state index in [0.717, 1.165) is 12.0 Å². The van der Waals surface area contributed by atoms with E-state index >= 15 is 0 Å².